The summed E-state index contributed by atoms with van der Waals surface area (Å²) in [6, 6.07) is 0. The van der Waals surface area contributed by atoms with Crippen LogP contribution in [0.1, 0.15) is 97.3 Å². The molecule has 3 N–H and O–H groups in total. The van der Waals surface area contributed by atoms with Crippen molar-refractivity contribution in [3.8, 4) is 0 Å². The van der Waals surface area contributed by atoms with Gasteiger partial charge < -0.3 is 15.3 Å². The molecule has 0 fully saturated rings. The third-order valence-corrected chi connectivity index (χ3v) is 4.62. The van der Waals surface area contributed by atoms with Crippen LogP contribution >= 0.6 is 0 Å². The highest BCUT2D eigenvalue weighted by Crippen LogP contribution is 2.15. The Labute approximate surface area is 138 Å². The lowest BCUT2D eigenvalue weighted by Crippen LogP contribution is -2.33. The van der Waals surface area contributed by atoms with E-state index >= 15 is 0 Å². The van der Waals surface area contributed by atoms with Gasteiger partial charge in [0, 0.05) is 12.5 Å². The first-order valence-electron chi connectivity index (χ1n) is 9.60. The molecule has 3 heteroatoms. The third kappa shape index (κ3) is 12.4. The van der Waals surface area contributed by atoms with Crippen molar-refractivity contribution in [3.63, 3.8) is 0 Å². The Morgan fingerprint density at radius 1 is 0.682 bits per heavy atom. The summed E-state index contributed by atoms with van der Waals surface area (Å²) < 4.78 is 0. The molecule has 134 valence electrons. The van der Waals surface area contributed by atoms with E-state index in [9.17, 15) is 10.2 Å². The minimum absolute atomic E-state index is 0.0727. The van der Waals surface area contributed by atoms with Crippen molar-refractivity contribution in [2.24, 2.45) is 5.92 Å². The lowest BCUT2D eigenvalue weighted by molar-refractivity contribution is -0.0309. The first-order valence-corrected chi connectivity index (χ1v) is 9.60. The first kappa shape index (κ1) is 21.9. The normalized spacial score (nSPS) is 15.7. The molecule has 0 rings (SSSR count). The van der Waals surface area contributed by atoms with Crippen LogP contribution in [0, 0.1) is 5.92 Å². The Hall–Kier alpha value is -0.120. The van der Waals surface area contributed by atoms with E-state index < -0.39 is 12.2 Å². The topological polar surface area (TPSA) is 60.7 Å². The van der Waals surface area contributed by atoms with Gasteiger partial charge in [-0.05, 0) is 6.42 Å². The predicted octanol–water partition coefficient (Wildman–Crippen LogP) is 4.43. The quantitative estimate of drug-likeness (QED) is 0.369. The molecule has 0 aliphatic rings. The van der Waals surface area contributed by atoms with Crippen LogP contribution in [-0.2, 0) is 0 Å². The van der Waals surface area contributed by atoms with Crippen LogP contribution in [0.2, 0.25) is 0 Å². The lowest BCUT2D eigenvalue weighted by atomic mass is 9.96. The van der Waals surface area contributed by atoms with Crippen LogP contribution in [0.4, 0.5) is 0 Å². The van der Waals surface area contributed by atoms with Crippen LogP contribution in [0.25, 0.3) is 0 Å². The minimum atomic E-state index is -0.794. The largest absolute Gasteiger partial charge is 0.396 e. The fourth-order valence-corrected chi connectivity index (χ4v) is 2.85. The summed E-state index contributed by atoms with van der Waals surface area (Å²) in [5.74, 6) is -0.243. The van der Waals surface area contributed by atoms with Crippen LogP contribution < -0.4 is 0 Å². The van der Waals surface area contributed by atoms with Crippen molar-refractivity contribution in [2.45, 2.75) is 110 Å². The summed E-state index contributed by atoms with van der Waals surface area (Å²) in [4.78, 5) is 0. The first-order chi connectivity index (χ1) is 10.6. The van der Waals surface area contributed by atoms with Gasteiger partial charge in [0.25, 0.3) is 0 Å². The Kier molecular flexibility index (Phi) is 15.7. The van der Waals surface area contributed by atoms with Gasteiger partial charge in [-0.25, -0.2) is 0 Å². The summed E-state index contributed by atoms with van der Waals surface area (Å²) in [7, 11) is 0. The fourth-order valence-electron chi connectivity index (χ4n) is 2.85. The molecule has 0 heterocycles. The van der Waals surface area contributed by atoms with Gasteiger partial charge in [0.2, 0.25) is 0 Å². The number of hydrogen-bond acceptors (Lipinski definition) is 3. The zero-order valence-electron chi connectivity index (χ0n) is 15.0. The second-order valence-electron chi connectivity index (χ2n) is 6.90. The zero-order chi connectivity index (χ0) is 16.6. The van der Waals surface area contributed by atoms with E-state index in [2.05, 4.69) is 6.92 Å². The molecular weight excluding hydrogens is 276 g/mol. The monoisotopic (exact) mass is 316 g/mol. The minimum Gasteiger partial charge on any atom is -0.396 e. The summed E-state index contributed by atoms with van der Waals surface area (Å²) >= 11 is 0. The average molecular weight is 317 g/mol. The van der Waals surface area contributed by atoms with Crippen molar-refractivity contribution in [1.82, 2.24) is 0 Å². The van der Waals surface area contributed by atoms with Gasteiger partial charge >= 0.3 is 0 Å². The highest BCUT2D eigenvalue weighted by Gasteiger charge is 2.21. The molecule has 0 aliphatic carbocycles. The molecule has 0 aromatic heterocycles. The summed E-state index contributed by atoms with van der Waals surface area (Å²) in [5.41, 5.74) is 0. The second kappa shape index (κ2) is 15.8. The number of aliphatic hydroxyl groups is 3. The Morgan fingerprint density at radius 3 is 1.50 bits per heavy atom. The average Bonchev–Trinajstić information content (AvgIpc) is 2.54. The molecule has 3 nitrogen and oxygen atoms in total. The summed E-state index contributed by atoms with van der Waals surface area (Å²) in [6.45, 7) is 3.94. The number of hydrogen-bond donors (Lipinski definition) is 3. The van der Waals surface area contributed by atoms with Gasteiger partial charge in [-0.2, -0.15) is 0 Å². The number of unbranched alkanes of at least 4 members (excludes halogenated alkanes) is 11. The molecule has 0 aromatic rings. The van der Waals surface area contributed by atoms with E-state index in [1.165, 1.54) is 64.2 Å². The van der Waals surface area contributed by atoms with Crippen LogP contribution in [-0.4, -0.2) is 34.1 Å². The van der Waals surface area contributed by atoms with Crippen molar-refractivity contribution in [3.05, 3.63) is 0 Å². The molecule has 0 amide bonds. The van der Waals surface area contributed by atoms with Gasteiger partial charge in [-0.1, -0.05) is 90.9 Å². The molecule has 3 unspecified atom stereocenters. The summed E-state index contributed by atoms with van der Waals surface area (Å²) in [6.07, 6.45) is 14.8. The van der Waals surface area contributed by atoms with Gasteiger partial charge in [0.1, 0.15) is 0 Å². The van der Waals surface area contributed by atoms with E-state index in [4.69, 9.17) is 5.11 Å². The predicted molar refractivity (Wildman–Crippen MR) is 94.0 cm³/mol. The van der Waals surface area contributed by atoms with Gasteiger partial charge in [0.15, 0.2) is 0 Å². The van der Waals surface area contributed by atoms with E-state index in [1.807, 2.05) is 0 Å². The molecule has 0 spiro atoms. The smallest absolute Gasteiger partial charge is 0.0846 e. The highest BCUT2D eigenvalue weighted by molar-refractivity contribution is 4.72. The zero-order valence-corrected chi connectivity index (χ0v) is 15.0. The van der Waals surface area contributed by atoms with Crippen LogP contribution in [0.5, 0.6) is 0 Å². The molecule has 0 radical (unpaired) electrons. The SMILES string of the molecule is CCCCCCCCCCCCCCC(O)C(O)C(C)CO. The Morgan fingerprint density at radius 2 is 1.09 bits per heavy atom. The van der Waals surface area contributed by atoms with Gasteiger partial charge in [0.05, 0.1) is 12.2 Å². The molecule has 0 saturated heterocycles. The van der Waals surface area contributed by atoms with E-state index in [0.29, 0.717) is 6.42 Å². The van der Waals surface area contributed by atoms with Crippen LogP contribution in [0.15, 0.2) is 0 Å². The number of rotatable bonds is 16. The van der Waals surface area contributed by atoms with Gasteiger partial charge in [-0.15, -0.1) is 0 Å². The molecule has 22 heavy (non-hydrogen) atoms. The van der Waals surface area contributed by atoms with Crippen molar-refractivity contribution in [2.75, 3.05) is 6.61 Å². The molecule has 0 saturated carbocycles. The van der Waals surface area contributed by atoms with E-state index in [1.54, 1.807) is 6.92 Å². The maximum absolute atomic E-state index is 9.82. The maximum Gasteiger partial charge on any atom is 0.0846 e. The van der Waals surface area contributed by atoms with E-state index in [-0.39, 0.29) is 12.5 Å². The molecule has 0 aliphatic heterocycles. The van der Waals surface area contributed by atoms with Crippen molar-refractivity contribution in [1.29, 1.82) is 0 Å². The lowest BCUT2D eigenvalue weighted by Gasteiger charge is -2.22. The van der Waals surface area contributed by atoms with Gasteiger partial charge in [-0.3, -0.25) is 0 Å². The fraction of sp³-hybridized carbons (Fsp3) is 1.00. The maximum atomic E-state index is 9.82. The second-order valence-corrected chi connectivity index (χ2v) is 6.90. The highest BCUT2D eigenvalue weighted by atomic mass is 16.3. The molecule has 0 bridgehead atoms. The Balaban J connectivity index is 3.26. The third-order valence-electron chi connectivity index (χ3n) is 4.62. The standard InChI is InChI=1S/C19H40O3/c1-3-4-5-6-7-8-9-10-11-12-13-14-15-18(21)19(22)17(2)16-20/h17-22H,3-16H2,1-2H3. The molecule has 3 atom stereocenters. The van der Waals surface area contributed by atoms with Crippen LogP contribution in [0.3, 0.4) is 0 Å². The Bertz CT molecular complexity index is 221. The number of aliphatic hydroxyl groups excluding tert-OH is 3. The van der Waals surface area contributed by atoms with E-state index in [0.717, 1.165) is 12.8 Å². The van der Waals surface area contributed by atoms with Crippen molar-refractivity contribution >= 4 is 0 Å². The summed E-state index contributed by atoms with van der Waals surface area (Å²) in [5, 5.41) is 28.5. The van der Waals surface area contributed by atoms with Crippen molar-refractivity contribution < 1.29 is 15.3 Å². The molecular formula is C19H40O3. The molecule has 0 aromatic carbocycles.